The van der Waals surface area contributed by atoms with E-state index in [1.165, 1.54) is 13.2 Å². The van der Waals surface area contributed by atoms with Crippen LogP contribution in [0.15, 0.2) is 34.9 Å². The van der Waals surface area contributed by atoms with Crippen molar-refractivity contribution >= 4 is 0 Å². The molecule has 0 aliphatic heterocycles. The maximum atomic E-state index is 13.5. The van der Waals surface area contributed by atoms with Gasteiger partial charge in [0.05, 0.1) is 19.9 Å². The van der Waals surface area contributed by atoms with Crippen LogP contribution in [0.5, 0.6) is 5.75 Å². The lowest BCUT2D eigenvalue weighted by Crippen LogP contribution is -1.96. The molecule has 0 saturated heterocycles. The summed E-state index contributed by atoms with van der Waals surface area (Å²) in [6.45, 7) is 0.288. The fraction of sp³-hybridized carbons (Fsp3) is 0.167. The molecule has 84 valence electrons. The number of methoxy groups -OCH3 is 1. The Morgan fingerprint density at radius 3 is 2.81 bits per heavy atom. The molecule has 16 heavy (non-hydrogen) atoms. The van der Waals surface area contributed by atoms with Crippen molar-refractivity contribution in [3.8, 4) is 16.9 Å². The minimum absolute atomic E-state index is 0.224. The van der Waals surface area contributed by atoms with Crippen LogP contribution in [0, 0.1) is 5.82 Å². The zero-order valence-corrected chi connectivity index (χ0v) is 8.87. The topological polar surface area (TPSA) is 48.4 Å². The summed E-state index contributed by atoms with van der Waals surface area (Å²) in [7, 11) is 1.43. The highest BCUT2D eigenvalue weighted by Crippen LogP contribution is 2.28. The Morgan fingerprint density at radius 2 is 2.19 bits per heavy atom. The van der Waals surface area contributed by atoms with E-state index in [2.05, 4.69) is 0 Å². The Balaban J connectivity index is 2.45. The first-order valence-corrected chi connectivity index (χ1v) is 4.86. The second-order valence-electron chi connectivity index (χ2n) is 3.31. The standard InChI is InChI=1S/C12H12FNO2/c1-15-11-3-2-8(6-10(11)13)9-4-5-16-12(9)7-14/h2-6H,7,14H2,1H3. The van der Waals surface area contributed by atoms with Crippen molar-refractivity contribution in [3.63, 3.8) is 0 Å². The molecule has 0 aliphatic carbocycles. The summed E-state index contributed by atoms with van der Waals surface area (Å²) >= 11 is 0. The summed E-state index contributed by atoms with van der Waals surface area (Å²) in [5, 5.41) is 0. The van der Waals surface area contributed by atoms with Crippen molar-refractivity contribution in [2.24, 2.45) is 5.73 Å². The van der Waals surface area contributed by atoms with E-state index in [-0.39, 0.29) is 12.3 Å². The second kappa shape index (κ2) is 4.37. The fourth-order valence-electron chi connectivity index (χ4n) is 1.59. The fourth-order valence-corrected chi connectivity index (χ4v) is 1.59. The highest BCUT2D eigenvalue weighted by molar-refractivity contribution is 5.66. The lowest BCUT2D eigenvalue weighted by molar-refractivity contribution is 0.386. The van der Waals surface area contributed by atoms with Gasteiger partial charge < -0.3 is 14.9 Å². The average Bonchev–Trinajstić information content (AvgIpc) is 2.77. The van der Waals surface area contributed by atoms with Crippen molar-refractivity contribution in [2.75, 3.05) is 7.11 Å². The van der Waals surface area contributed by atoms with Gasteiger partial charge in [-0.25, -0.2) is 4.39 Å². The van der Waals surface area contributed by atoms with Crippen LogP contribution in [0.4, 0.5) is 4.39 Å². The first-order valence-electron chi connectivity index (χ1n) is 4.86. The number of furan rings is 1. The predicted octanol–water partition coefficient (Wildman–Crippen LogP) is 2.55. The van der Waals surface area contributed by atoms with Gasteiger partial charge in [-0.15, -0.1) is 0 Å². The van der Waals surface area contributed by atoms with Crippen LogP contribution in [-0.4, -0.2) is 7.11 Å². The molecule has 0 radical (unpaired) electrons. The molecule has 0 fully saturated rings. The van der Waals surface area contributed by atoms with Gasteiger partial charge in [0, 0.05) is 5.56 Å². The molecule has 4 heteroatoms. The highest BCUT2D eigenvalue weighted by atomic mass is 19.1. The minimum Gasteiger partial charge on any atom is -0.494 e. The third kappa shape index (κ3) is 1.79. The number of hydrogen-bond donors (Lipinski definition) is 1. The molecule has 1 aromatic carbocycles. The molecule has 1 aromatic heterocycles. The molecule has 2 rings (SSSR count). The van der Waals surface area contributed by atoms with Gasteiger partial charge in [-0.2, -0.15) is 0 Å². The van der Waals surface area contributed by atoms with E-state index in [1.807, 2.05) is 0 Å². The van der Waals surface area contributed by atoms with Gasteiger partial charge in [-0.05, 0) is 23.8 Å². The van der Waals surface area contributed by atoms with E-state index in [1.54, 1.807) is 24.5 Å². The Bertz CT molecular complexity index is 494. The molecular weight excluding hydrogens is 209 g/mol. The quantitative estimate of drug-likeness (QED) is 0.866. The van der Waals surface area contributed by atoms with E-state index in [9.17, 15) is 4.39 Å². The van der Waals surface area contributed by atoms with Crippen molar-refractivity contribution < 1.29 is 13.5 Å². The molecule has 0 unspecified atom stereocenters. The van der Waals surface area contributed by atoms with Crippen LogP contribution in [-0.2, 0) is 6.54 Å². The molecule has 0 spiro atoms. The number of benzene rings is 1. The third-order valence-corrected chi connectivity index (χ3v) is 2.39. The molecule has 0 amide bonds. The number of hydrogen-bond acceptors (Lipinski definition) is 3. The first kappa shape index (κ1) is 10.7. The van der Waals surface area contributed by atoms with Crippen LogP contribution in [0.3, 0.4) is 0 Å². The molecular formula is C12H12FNO2. The largest absolute Gasteiger partial charge is 0.494 e. The van der Waals surface area contributed by atoms with Gasteiger partial charge in [-0.1, -0.05) is 6.07 Å². The number of rotatable bonds is 3. The molecule has 2 N–H and O–H groups in total. The summed E-state index contributed by atoms with van der Waals surface area (Å²) in [6.07, 6.45) is 1.54. The van der Waals surface area contributed by atoms with Crippen LogP contribution < -0.4 is 10.5 Å². The van der Waals surface area contributed by atoms with Crippen LogP contribution in [0.1, 0.15) is 5.76 Å². The lowest BCUT2D eigenvalue weighted by atomic mass is 10.1. The zero-order valence-electron chi connectivity index (χ0n) is 8.87. The van der Waals surface area contributed by atoms with E-state index >= 15 is 0 Å². The van der Waals surface area contributed by atoms with E-state index in [0.29, 0.717) is 5.76 Å². The SMILES string of the molecule is COc1ccc(-c2ccoc2CN)cc1F. The normalized spacial score (nSPS) is 10.4. The highest BCUT2D eigenvalue weighted by Gasteiger charge is 2.10. The summed E-state index contributed by atoms with van der Waals surface area (Å²) in [5.74, 6) is 0.468. The predicted molar refractivity (Wildman–Crippen MR) is 58.5 cm³/mol. The number of ether oxygens (including phenoxy) is 1. The average molecular weight is 221 g/mol. The summed E-state index contributed by atoms with van der Waals surface area (Å²) in [4.78, 5) is 0. The Morgan fingerprint density at radius 1 is 1.38 bits per heavy atom. The van der Waals surface area contributed by atoms with E-state index in [0.717, 1.165) is 11.1 Å². The van der Waals surface area contributed by atoms with Crippen LogP contribution in [0.25, 0.3) is 11.1 Å². The molecule has 1 heterocycles. The number of halogens is 1. The first-order chi connectivity index (χ1) is 7.76. The molecule has 0 saturated carbocycles. The van der Waals surface area contributed by atoms with Gasteiger partial charge in [0.15, 0.2) is 11.6 Å². The molecule has 0 aliphatic rings. The monoisotopic (exact) mass is 221 g/mol. The van der Waals surface area contributed by atoms with Crippen molar-refractivity contribution in [3.05, 3.63) is 42.1 Å². The summed E-state index contributed by atoms with van der Waals surface area (Å²) in [6, 6.07) is 6.52. The number of nitrogens with two attached hydrogens (primary N) is 1. The molecule has 0 atom stereocenters. The second-order valence-corrected chi connectivity index (χ2v) is 3.31. The van der Waals surface area contributed by atoms with Crippen molar-refractivity contribution in [2.45, 2.75) is 6.54 Å². The van der Waals surface area contributed by atoms with Crippen LogP contribution in [0.2, 0.25) is 0 Å². The van der Waals surface area contributed by atoms with Gasteiger partial charge >= 0.3 is 0 Å². The van der Waals surface area contributed by atoms with Gasteiger partial charge in [0.2, 0.25) is 0 Å². The Kier molecular flexibility index (Phi) is 2.92. The zero-order chi connectivity index (χ0) is 11.5. The van der Waals surface area contributed by atoms with Gasteiger partial charge in [0.25, 0.3) is 0 Å². The lowest BCUT2D eigenvalue weighted by Gasteiger charge is -2.04. The molecule has 3 nitrogen and oxygen atoms in total. The van der Waals surface area contributed by atoms with Gasteiger partial charge in [0.1, 0.15) is 5.76 Å². The van der Waals surface area contributed by atoms with E-state index in [4.69, 9.17) is 14.9 Å². The molecule has 2 aromatic rings. The smallest absolute Gasteiger partial charge is 0.165 e. The van der Waals surface area contributed by atoms with Crippen molar-refractivity contribution in [1.82, 2.24) is 0 Å². The summed E-state index contributed by atoms with van der Waals surface area (Å²) < 4.78 is 23.5. The third-order valence-electron chi connectivity index (χ3n) is 2.39. The summed E-state index contributed by atoms with van der Waals surface area (Å²) in [5.41, 5.74) is 7.05. The van der Waals surface area contributed by atoms with Crippen molar-refractivity contribution in [1.29, 1.82) is 0 Å². The Hall–Kier alpha value is -1.81. The Labute approximate surface area is 92.6 Å². The maximum absolute atomic E-state index is 13.5. The molecule has 0 bridgehead atoms. The minimum atomic E-state index is -0.399. The maximum Gasteiger partial charge on any atom is 0.165 e. The van der Waals surface area contributed by atoms with Crippen LogP contribution >= 0.6 is 0 Å². The van der Waals surface area contributed by atoms with E-state index < -0.39 is 5.82 Å². The van der Waals surface area contributed by atoms with Gasteiger partial charge in [-0.3, -0.25) is 0 Å².